The van der Waals surface area contributed by atoms with Crippen LogP contribution in [-0.2, 0) is 16.6 Å². The highest BCUT2D eigenvalue weighted by Gasteiger charge is 2.12. The maximum Gasteiger partial charge on any atom is 0.240 e. The van der Waals surface area contributed by atoms with Crippen molar-refractivity contribution in [2.75, 3.05) is 13.7 Å². The highest BCUT2D eigenvalue weighted by atomic mass is 32.2. The molecule has 20 heavy (non-hydrogen) atoms. The fraction of sp³-hybridized carbons (Fsp3) is 0.286. The number of aromatic nitrogens is 1. The number of ether oxygens (including phenoxy) is 1. The van der Waals surface area contributed by atoms with Crippen molar-refractivity contribution in [1.82, 2.24) is 9.29 Å². The minimum atomic E-state index is -3.44. The van der Waals surface area contributed by atoms with Crippen LogP contribution < -0.4 is 9.46 Å². The van der Waals surface area contributed by atoms with E-state index in [9.17, 15) is 8.42 Å². The number of sulfonamides is 1. The number of nitrogens with one attached hydrogen (secondary N) is 1. The van der Waals surface area contributed by atoms with Crippen molar-refractivity contribution in [2.45, 2.75) is 17.9 Å². The summed E-state index contributed by atoms with van der Waals surface area (Å²) in [6.07, 6.45) is 4.65. The number of nitrogens with zero attached hydrogens (tertiary/aromatic N) is 1. The first-order chi connectivity index (χ1) is 9.62. The van der Waals surface area contributed by atoms with E-state index < -0.39 is 10.0 Å². The van der Waals surface area contributed by atoms with Gasteiger partial charge >= 0.3 is 0 Å². The van der Waals surface area contributed by atoms with Crippen LogP contribution in [0.15, 0.2) is 53.7 Å². The lowest BCUT2D eigenvalue weighted by atomic mass is 10.3. The van der Waals surface area contributed by atoms with E-state index in [0.29, 0.717) is 12.3 Å². The Hall–Kier alpha value is -1.79. The molecule has 0 aliphatic heterocycles. The summed E-state index contributed by atoms with van der Waals surface area (Å²) in [4.78, 5) is 0.249. The molecule has 5 nitrogen and oxygen atoms in total. The SMILES string of the molecule is COc1ccc(S(=O)(=O)NCCCn2cccc2)cc1. The number of aryl methyl sites for hydroxylation is 1. The van der Waals surface area contributed by atoms with E-state index in [0.717, 1.165) is 13.0 Å². The van der Waals surface area contributed by atoms with Gasteiger partial charge in [-0.3, -0.25) is 0 Å². The van der Waals surface area contributed by atoms with E-state index in [2.05, 4.69) is 4.72 Å². The molecule has 1 heterocycles. The number of hydrogen-bond acceptors (Lipinski definition) is 3. The molecule has 0 radical (unpaired) electrons. The topological polar surface area (TPSA) is 60.3 Å². The molecule has 2 aromatic rings. The third kappa shape index (κ3) is 3.85. The average Bonchev–Trinajstić information content (AvgIpc) is 2.97. The zero-order valence-corrected chi connectivity index (χ0v) is 12.1. The molecule has 1 N–H and O–H groups in total. The summed E-state index contributed by atoms with van der Waals surface area (Å²) in [6, 6.07) is 10.2. The third-order valence-electron chi connectivity index (χ3n) is 2.92. The lowest BCUT2D eigenvalue weighted by molar-refractivity contribution is 0.414. The molecule has 1 aromatic heterocycles. The Kier molecular flexibility index (Phi) is 4.81. The van der Waals surface area contributed by atoms with Crippen LogP contribution in [0.4, 0.5) is 0 Å². The van der Waals surface area contributed by atoms with Crippen molar-refractivity contribution in [2.24, 2.45) is 0 Å². The number of hydrogen-bond donors (Lipinski definition) is 1. The van der Waals surface area contributed by atoms with Crippen LogP contribution in [0.1, 0.15) is 6.42 Å². The first-order valence-corrected chi connectivity index (χ1v) is 7.84. The Morgan fingerprint density at radius 2 is 1.80 bits per heavy atom. The third-order valence-corrected chi connectivity index (χ3v) is 4.40. The van der Waals surface area contributed by atoms with Gasteiger partial charge in [0.05, 0.1) is 12.0 Å². The summed E-state index contributed by atoms with van der Waals surface area (Å²) >= 11 is 0. The van der Waals surface area contributed by atoms with Crippen LogP contribution in [0, 0.1) is 0 Å². The predicted molar refractivity (Wildman–Crippen MR) is 77.2 cm³/mol. The quantitative estimate of drug-likeness (QED) is 0.793. The molecular formula is C14H18N2O3S. The Bertz CT molecular complexity index is 619. The molecule has 0 saturated heterocycles. The second kappa shape index (κ2) is 6.58. The molecule has 0 bridgehead atoms. The molecule has 1 aromatic carbocycles. The Morgan fingerprint density at radius 1 is 1.15 bits per heavy atom. The maximum atomic E-state index is 12.0. The number of methoxy groups -OCH3 is 1. The monoisotopic (exact) mass is 294 g/mol. The first kappa shape index (κ1) is 14.6. The van der Waals surface area contributed by atoms with Gasteiger partial charge in [0.2, 0.25) is 10.0 Å². The van der Waals surface area contributed by atoms with Crippen molar-refractivity contribution < 1.29 is 13.2 Å². The van der Waals surface area contributed by atoms with Crippen LogP contribution >= 0.6 is 0 Å². The van der Waals surface area contributed by atoms with Crippen molar-refractivity contribution in [3.63, 3.8) is 0 Å². The maximum absolute atomic E-state index is 12.0. The predicted octanol–water partition coefficient (Wildman–Crippen LogP) is 1.87. The van der Waals surface area contributed by atoms with Crippen LogP contribution in [-0.4, -0.2) is 26.6 Å². The molecule has 6 heteroatoms. The van der Waals surface area contributed by atoms with Gasteiger partial charge in [-0.2, -0.15) is 0 Å². The number of benzene rings is 1. The number of rotatable bonds is 7. The summed E-state index contributed by atoms with van der Waals surface area (Å²) in [5.74, 6) is 0.636. The van der Waals surface area contributed by atoms with Crippen molar-refractivity contribution in [3.8, 4) is 5.75 Å². The van der Waals surface area contributed by atoms with Gasteiger partial charge in [-0.1, -0.05) is 0 Å². The molecule has 0 spiro atoms. The average molecular weight is 294 g/mol. The standard InChI is InChI=1S/C14H18N2O3S/c1-19-13-5-7-14(8-6-13)20(17,18)15-9-4-12-16-10-2-3-11-16/h2-3,5-8,10-11,15H,4,9,12H2,1H3. The molecule has 2 rings (SSSR count). The summed E-state index contributed by atoms with van der Waals surface area (Å²) in [5.41, 5.74) is 0. The zero-order chi connectivity index (χ0) is 14.4. The highest BCUT2D eigenvalue weighted by molar-refractivity contribution is 7.89. The van der Waals surface area contributed by atoms with Gasteiger partial charge in [-0.15, -0.1) is 0 Å². The van der Waals surface area contributed by atoms with Crippen LogP contribution in [0.25, 0.3) is 0 Å². The zero-order valence-electron chi connectivity index (χ0n) is 11.3. The normalized spacial score (nSPS) is 11.4. The summed E-state index contributed by atoms with van der Waals surface area (Å²) in [6.45, 7) is 1.20. The largest absolute Gasteiger partial charge is 0.497 e. The second-order valence-electron chi connectivity index (χ2n) is 4.35. The minimum absolute atomic E-state index is 0.249. The van der Waals surface area contributed by atoms with Gasteiger partial charge in [0, 0.05) is 25.5 Å². The second-order valence-corrected chi connectivity index (χ2v) is 6.11. The first-order valence-electron chi connectivity index (χ1n) is 6.36. The molecule has 0 aliphatic rings. The molecule has 0 aliphatic carbocycles. The summed E-state index contributed by atoms with van der Waals surface area (Å²) < 4.78 is 33.7. The Labute approximate surface area is 119 Å². The van der Waals surface area contributed by atoms with Gasteiger partial charge in [0.1, 0.15) is 5.75 Å². The van der Waals surface area contributed by atoms with E-state index >= 15 is 0 Å². The summed E-state index contributed by atoms with van der Waals surface area (Å²) in [5, 5.41) is 0. The van der Waals surface area contributed by atoms with E-state index in [4.69, 9.17) is 4.74 Å². The molecule has 0 fully saturated rings. The summed E-state index contributed by atoms with van der Waals surface area (Å²) in [7, 11) is -1.90. The molecular weight excluding hydrogens is 276 g/mol. The minimum Gasteiger partial charge on any atom is -0.497 e. The van der Waals surface area contributed by atoms with Crippen LogP contribution in [0.5, 0.6) is 5.75 Å². The van der Waals surface area contributed by atoms with Gasteiger partial charge in [-0.05, 0) is 42.8 Å². The van der Waals surface area contributed by atoms with Crippen molar-refractivity contribution in [3.05, 3.63) is 48.8 Å². The fourth-order valence-corrected chi connectivity index (χ4v) is 2.90. The highest BCUT2D eigenvalue weighted by Crippen LogP contribution is 2.15. The molecule has 0 atom stereocenters. The van der Waals surface area contributed by atoms with Gasteiger partial charge in [-0.25, -0.2) is 13.1 Å². The van der Waals surface area contributed by atoms with E-state index in [-0.39, 0.29) is 4.90 Å². The lowest BCUT2D eigenvalue weighted by Gasteiger charge is -2.08. The Morgan fingerprint density at radius 3 is 2.40 bits per heavy atom. The van der Waals surface area contributed by atoms with Crippen molar-refractivity contribution in [1.29, 1.82) is 0 Å². The van der Waals surface area contributed by atoms with Crippen LogP contribution in [0.2, 0.25) is 0 Å². The van der Waals surface area contributed by atoms with E-state index in [1.165, 1.54) is 12.1 Å². The molecule has 0 saturated carbocycles. The van der Waals surface area contributed by atoms with Crippen LogP contribution in [0.3, 0.4) is 0 Å². The van der Waals surface area contributed by atoms with E-state index in [1.807, 2.05) is 29.1 Å². The Balaban J connectivity index is 1.86. The van der Waals surface area contributed by atoms with E-state index in [1.54, 1.807) is 19.2 Å². The molecule has 108 valence electrons. The fourth-order valence-electron chi connectivity index (χ4n) is 1.83. The van der Waals surface area contributed by atoms with Gasteiger partial charge < -0.3 is 9.30 Å². The smallest absolute Gasteiger partial charge is 0.240 e. The van der Waals surface area contributed by atoms with Gasteiger partial charge in [0.25, 0.3) is 0 Å². The molecule has 0 unspecified atom stereocenters. The van der Waals surface area contributed by atoms with Crippen molar-refractivity contribution >= 4 is 10.0 Å². The molecule has 0 amide bonds. The lowest BCUT2D eigenvalue weighted by Crippen LogP contribution is -2.25. The van der Waals surface area contributed by atoms with Gasteiger partial charge in [0.15, 0.2) is 0 Å².